The number of carbonyl (C=O) groups is 2. The molecule has 6 heteroatoms. The van der Waals surface area contributed by atoms with Crippen molar-refractivity contribution in [1.82, 2.24) is 4.90 Å². The maximum Gasteiger partial charge on any atom is 0.410 e. The van der Waals surface area contributed by atoms with Crippen LogP contribution in [-0.4, -0.2) is 51.3 Å². The van der Waals surface area contributed by atoms with Gasteiger partial charge in [-0.2, -0.15) is 0 Å². The van der Waals surface area contributed by atoms with Gasteiger partial charge in [0.1, 0.15) is 24.6 Å². The average molecular weight is 291 g/mol. The normalized spacial score (nSPS) is 31.3. The number of aliphatic hydroxyl groups is 2. The van der Waals surface area contributed by atoms with Crippen LogP contribution in [0.1, 0.15) is 18.4 Å². The molecule has 2 saturated heterocycles. The van der Waals surface area contributed by atoms with Crippen molar-refractivity contribution in [3.8, 4) is 0 Å². The SMILES string of the molecule is O=C1C[C@@H]2[C@@H](O)[C@@H](O)[C@H](C1)N2C(=O)OCc1ccccc1. The average Bonchev–Trinajstić information content (AvgIpc) is 2.65. The Bertz CT molecular complexity index is 526. The van der Waals surface area contributed by atoms with Crippen LogP contribution < -0.4 is 0 Å². The van der Waals surface area contributed by atoms with Crippen LogP contribution in [-0.2, 0) is 16.1 Å². The molecule has 3 rings (SSSR count). The molecule has 1 amide bonds. The molecule has 112 valence electrons. The van der Waals surface area contributed by atoms with Gasteiger partial charge in [-0.15, -0.1) is 0 Å². The van der Waals surface area contributed by atoms with Gasteiger partial charge in [0, 0.05) is 12.8 Å². The molecule has 0 unspecified atom stereocenters. The lowest BCUT2D eigenvalue weighted by molar-refractivity contribution is -0.123. The standard InChI is InChI=1S/C15H17NO5/c17-10-6-11-13(18)14(19)12(7-10)16(11)15(20)21-8-9-4-2-1-3-5-9/h1-5,11-14,18-19H,6-8H2/t11-,12+,13-,14+. The molecule has 1 aromatic rings. The number of ether oxygens (including phenoxy) is 1. The van der Waals surface area contributed by atoms with E-state index in [1.54, 1.807) is 0 Å². The monoisotopic (exact) mass is 291 g/mol. The number of ketones is 1. The number of amides is 1. The van der Waals surface area contributed by atoms with E-state index in [0.717, 1.165) is 5.56 Å². The van der Waals surface area contributed by atoms with Crippen molar-refractivity contribution in [1.29, 1.82) is 0 Å². The topological polar surface area (TPSA) is 87.1 Å². The zero-order valence-corrected chi connectivity index (χ0v) is 11.4. The number of hydrogen-bond donors (Lipinski definition) is 2. The van der Waals surface area contributed by atoms with E-state index in [4.69, 9.17) is 4.74 Å². The number of nitrogens with zero attached hydrogens (tertiary/aromatic N) is 1. The summed E-state index contributed by atoms with van der Waals surface area (Å²) in [6, 6.07) is 7.87. The zero-order valence-electron chi connectivity index (χ0n) is 11.4. The van der Waals surface area contributed by atoms with Crippen molar-refractivity contribution in [3.05, 3.63) is 35.9 Å². The smallest absolute Gasteiger partial charge is 0.410 e. The minimum atomic E-state index is -1.09. The van der Waals surface area contributed by atoms with E-state index in [9.17, 15) is 19.8 Å². The highest BCUT2D eigenvalue weighted by Crippen LogP contribution is 2.35. The molecular formula is C15H17NO5. The third-order valence-electron chi connectivity index (χ3n) is 4.14. The van der Waals surface area contributed by atoms with Gasteiger partial charge in [-0.05, 0) is 5.56 Å². The summed E-state index contributed by atoms with van der Waals surface area (Å²) in [6.45, 7) is 0.121. The molecule has 1 aromatic carbocycles. The van der Waals surface area contributed by atoms with Gasteiger partial charge in [0.05, 0.1) is 12.1 Å². The predicted octanol–water partition coefficient (Wildman–Crippen LogP) is 0.461. The quantitative estimate of drug-likeness (QED) is 0.826. The Labute approximate surface area is 121 Å². The minimum Gasteiger partial charge on any atom is -0.445 e. The molecule has 2 aliphatic heterocycles. The lowest BCUT2D eigenvalue weighted by Gasteiger charge is -2.33. The minimum absolute atomic E-state index is 0.0484. The van der Waals surface area contributed by atoms with Gasteiger partial charge in [-0.1, -0.05) is 30.3 Å². The molecule has 4 atom stereocenters. The van der Waals surface area contributed by atoms with Crippen molar-refractivity contribution in [2.24, 2.45) is 0 Å². The van der Waals surface area contributed by atoms with Crippen LogP contribution in [0.4, 0.5) is 4.79 Å². The molecule has 21 heavy (non-hydrogen) atoms. The van der Waals surface area contributed by atoms with Crippen LogP contribution in [0, 0.1) is 0 Å². The number of carbonyl (C=O) groups excluding carboxylic acids is 2. The van der Waals surface area contributed by atoms with Gasteiger partial charge < -0.3 is 14.9 Å². The first-order valence-corrected chi connectivity index (χ1v) is 6.95. The molecule has 2 aliphatic rings. The number of hydrogen-bond acceptors (Lipinski definition) is 5. The van der Waals surface area contributed by atoms with Crippen molar-refractivity contribution in [2.75, 3.05) is 0 Å². The lowest BCUT2D eigenvalue weighted by Crippen LogP contribution is -2.49. The Hall–Kier alpha value is -1.92. The second-order valence-electron chi connectivity index (χ2n) is 5.51. The van der Waals surface area contributed by atoms with Crippen LogP contribution >= 0.6 is 0 Å². The number of benzene rings is 1. The Kier molecular flexibility index (Phi) is 3.65. The van der Waals surface area contributed by atoms with E-state index < -0.39 is 30.4 Å². The number of fused-ring (bicyclic) bond motifs is 2. The van der Waals surface area contributed by atoms with Crippen molar-refractivity contribution in [3.63, 3.8) is 0 Å². The van der Waals surface area contributed by atoms with E-state index in [1.807, 2.05) is 30.3 Å². The van der Waals surface area contributed by atoms with Crippen molar-refractivity contribution in [2.45, 2.75) is 43.7 Å². The largest absolute Gasteiger partial charge is 0.445 e. The highest BCUT2D eigenvalue weighted by molar-refractivity contribution is 5.84. The molecule has 6 nitrogen and oxygen atoms in total. The van der Waals surface area contributed by atoms with Gasteiger partial charge in [-0.3, -0.25) is 9.69 Å². The van der Waals surface area contributed by atoms with Crippen LogP contribution in [0.2, 0.25) is 0 Å². The molecule has 0 aromatic heterocycles. The maximum absolute atomic E-state index is 12.2. The number of Topliss-reactive ketones (excluding diaryl/α,β-unsaturated/α-hetero) is 1. The zero-order chi connectivity index (χ0) is 15.0. The summed E-state index contributed by atoms with van der Waals surface area (Å²) in [5.41, 5.74) is 0.854. The summed E-state index contributed by atoms with van der Waals surface area (Å²) in [6.07, 6.45) is -2.65. The number of aliphatic hydroxyl groups excluding tert-OH is 2. The third-order valence-corrected chi connectivity index (χ3v) is 4.14. The second kappa shape index (κ2) is 5.46. The van der Waals surface area contributed by atoms with E-state index in [1.165, 1.54) is 4.90 Å². The van der Waals surface area contributed by atoms with Crippen LogP contribution in [0.5, 0.6) is 0 Å². The summed E-state index contributed by atoms with van der Waals surface area (Å²) < 4.78 is 5.23. The molecule has 2 bridgehead atoms. The van der Waals surface area contributed by atoms with E-state index in [-0.39, 0.29) is 25.2 Å². The van der Waals surface area contributed by atoms with Gasteiger partial charge in [0.2, 0.25) is 0 Å². The predicted molar refractivity (Wildman–Crippen MR) is 72.3 cm³/mol. The summed E-state index contributed by atoms with van der Waals surface area (Å²) in [7, 11) is 0. The van der Waals surface area contributed by atoms with Gasteiger partial charge in [0.25, 0.3) is 0 Å². The first kappa shape index (κ1) is 14.0. The van der Waals surface area contributed by atoms with Crippen molar-refractivity contribution >= 4 is 11.9 Å². The first-order chi connectivity index (χ1) is 10.1. The molecular weight excluding hydrogens is 274 g/mol. The van der Waals surface area contributed by atoms with E-state index >= 15 is 0 Å². The van der Waals surface area contributed by atoms with Gasteiger partial charge in [0.15, 0.2) is 0 Å². The number of rotatable bonds is 2. The van der Waals surface area contributed by atoms with Crippen molar-refractivity contribution < 1.29 is 24.5 Å². The Morgan fingerprint density at radius 2 is 1.71 bits per heavy atom. The highest BCUT2D eigenvalue weighted by Gasteiger charge is 2.54. The van der Waals surface area contributed by atoms with E-state index in [2.05, 4.69) is 0 Å². The molecule has 0 saturated carbocycles. The summed E-state index contributed by atoms with van der Waals surface area (Å²) >= 11 is 0. The molecule has 2 N–H and O–H groups in total. The fraction of sp³-hybridized carbons (Fsp3) is 0.467. The molecule has 0 aliphatic carbocycles. The Balaban J connectivity index is 1.69. The Morgan fingerprint density at radius 1 is 1.14 bits per heavy atom. The first-order valence-electron chi connectivity index (χ1n) is 6.95. The molecule has 0 radical (unpaired) electrons. The number of piperidine rings is 1. The fourth-order valence-electron chi connectivity index (χ4n) is 3.08. The van der Waals surface area contributed by atoms with Gasteiger partial charge in [-0.25, -0.2) is 4.79 Å². The van der Waals surface area contributed by atoms with E-state index in [0.29, 0.717) is 0 Å². The van der Waals surface area contributed by atoms with Crippen LogP contribution in [0.15, 0.2) is 30.3 Å². The Morgan fingerprint density at radius 3 is 2.29 bits per heavy atom. The highest BCUT2D eigenvalue weighted by atomic mass is 16.6. The van der Waals surface area contributed by atoms with Gasteiger partial charge >= 0.3 is 6.09 Å². The second-order valence-corrected chi connectivity index (χ2v) is 5.51. The third kappa shape index (κ3) is 2.52. The summed E-state index contributed by atoms with van der Waals surface area (Å²) in [5.74, 6) is -0.0484. The summed E-state index contributed by atoms with van der Waals surface area (Å²) in [4.78, 5) is 25.1. The summed E-state index contributed by atoms with van der Waals surface area (Å²) in [5, 5.41) is 19.9. The van der Waals surface area contributed by atoms with Crippen LogP contribution in [0.3, 0.4) is 0 Å². The molecule has 0 spiro atoms. The maximum atomic E-state index is 12.2. The van der Waals surface area contributed by atoms with Crippen LogP contribution in [0.25, 0.3) is 0 Å². The lowest BCUT2D eigenvalue weighted by atomic mass is 10.0. The molecule has 2 heterocycles. The molecule has 2 fully saturated rings. The fourth-order valence-corrected chi connectivity index (χ4v) is 3.08.